The van der Waals surface area contributed by atoms with Crippen molar-refractivity contribution in [3.05, 3.63) is 11.3 Å². The smallest absolute Gasteiger partial charge is 0.256 e. The average molecular weight is 238 g/mol. The maximum absolute atomic E-state index is 11.4. The summed E-state index contributed by atoms with van der Waals surface area (Å²) in [7, 11) is 1.74. The van der Waals surface area contributed by atoms with Crippen molar-refractivity contribution in [3.8, 4) is 5.88 Å². The Labute approximate surface area is 99.9 Å². The van der Waals surface area contributed by atoms with Gasteiger partial charge in [0.1, 0.15) is 11.7 Å². The first-order valence-electron chi connectivity index (χ1n) is 5.74. The van der Waals surface area contributed by atoms with Gasteiger partial charge in [-0.25, -0.2) is 4.68 Å². The molecule has 0 saturated heterocycles. The van der Waals surface area contributed by atoms with Crippen LogP contribution in [0.4, 0.5) is 0 Å². The highest BCUT2D eigenvalue weighted by atomic mass is 16.5. The Hall–Kier alpha value is -1.56. The third-order valence-electron chi connectivity index (χ3n) is 3.12. The molecule has 1 fully saturated rings. The van der Waals surface area contributed by atoms with Crippen LogP contribution in [0.1, 0.15) is 35.3 Å². The van der Waals surface area contributed by atoms with Crippen molar-refractivity contribution in [2.75, 3.05) is 0 Å². The van der Waals surface area contributed by atoms with Crippen LogP contribution in [0.15, 0.2) is 0 Å². The van der Waals surface area contributed by atoms with Gasteiger partial charge in [0.05, 0.1) is 5.69 Å². The summed E-state index contributed by atoms with van der Waals surface area (Å²) in [6.45, 7) is 1.74. The highest BCUT2D eigenvalue weighted by molar-refractivity contribution is 5.96. The zero-order valence-electron chi connectivity index (χ0n) is 10.1. The van der Waals surface area contributed by atoms with E-state index < -0.39 is 5.91 Å². The lowest BCUT2D eigenvalue weighted by Crippen LogP contribution is -2.21. The van der Waals surface area contributed by atoms with E-state index in [-0.39, 0.29) is 12.1 Å². The number of primary amides is 1. The Morgan fingerprint density at radius 3 is 2.76 bits per heavy atom. The Morgan fingerprint density at radius 1 is 1.53 bits per heavy atom. The summed E-state index contributed by atoms with van der Waals surface area (Å²) in [6, 6.07) is 0.186. The lowest BCUT2D eigenvalue weighted by atomic mass is 10.2. The van der Waals surface area contributed by atoms with Crippen molar-refractivity contribution in [2.45, 2.75) is 38.3 Å². The molecule has 2 rings (SSSR count). The van der Waals surface area contributed by atoms with Crippen molar-refractivity contribution >= 4 is 5.91 Å². The van der Waals surface area contributed by atoms with Crippen LogP contribution < -0.4 is 16.2 Å². The van der Waals surface area contributed by atoms with E-state index >= 15 is 0 Å². The van der Waals surface area contributed by atoms with Crippen LogP contribution in [0.3, 0.4) is 0 Å². The van der Waals surface area contributed by atoms with Crippen LogP contribution in [0.5, 0.6) is 5.88 Å². The molecule has 1 aliphatic rings. The standard InChI is InChI=1S/C11H18N4O2/c1-6-9(10(13)16)11(15(2)14-6)17-8-4-3-7(12)5-8/h7-8H,3-5,12H2,1-2H3,(H2,13,16). The van der Waals surface area contributed by atoms with Gasteiger partial charge in [0.2, 0.25) is 5.88 Å². The predicted molar refractivity (Wildman–Crippen MR) is 62.7 cm³/mol. The van der Waals surface area contributed by atoms with Crippen LogP contribution in [-0.2, 0) is 7.05 Å². The second-order valence-corrected chi connectivity index (χ2v) is 4.57. The van der Waals surface area contributed by atoms with Gasteiger partial charge in [0, 0.05) is 13.1 Å². The van der Waals surface area contributed by atoms with Crippen LogP contribution in [-0.4, -0.2) is 27.8 Å². The van der Waals surface area contributed by atoms with Gasteiger partial charge in [-0.1, -0.05) is 0 Å². The number of carbonyl (C=O) groups excluding carboxylic acids is 1. The Morgan fingerprint density at radius 2 is 2.24 bits per heavy atom. The first-order chi connectivity index (χ1) is 7.99. The summed E-state index contributed by atoms with van der Waals surface area (Å²) < 4.78 is 7.36. The van der Waals surface area contributed by atoms with Gasteiger partial charge in [-0.3, -0.25) is 4.79 Å². The Bertz CT molecular complexity index is 441. The number of nitrogens with two attached hydrogens (primary N) is 2. The summed E-state index contributed by atoms with van der Waals surface area (Å²) in [5, 5.41) is 4.15. The van der Waals surface area contributed by atoms with E-state index in [1.54, 1.807) is 18.7 Å². The van der Waals surface area contributed by atoms with E-state index in [1.807, 2.05) is 0 Å². The molecule has 94 valence electrons. The lowest BCUT2D eigenvalue weighted by molar-refractivity contribution is 0.0991. The highest BCUT2D eigenvalue weighted by Crippen LogP contribution is 2.27. The number of hydrogen-bond acceptors (Lipinski definition) is 4. The van der Waals surface area contributed by atoms with E-state index in [9.17, 15) is 4.79 Å². The molecule has 2 unspecified atom stereocenters. The number of hydrogen-bond donors (Lipinski definition) is 2. The third kappa shape index (κ3) is 2.26. The Balaban J connectivity index is 2.23. The minimum absolute atomic E-state index is 0.0536. The number of rotatable bonds is 3. The SMILES string of the molecule is Cc1nn(C)c(OC2CCC(N)C2)c1C(N)=O. The Kier molecular flexibility index (Phi) is 3.06. The lowest BCUT2D eigenvalue weighted by Gasteiger charge is -2.14. The molecule has 6 heteroatoms. The molecule has 1 aromatic rings. The van der Waals surface area contributed by atoms with Crippen molar-refractivity contribution in [2.24, 2.45) is 18.5 Å². The fourth-order valence-corrected chi connectivity index (χ4v) is 2.29. The molecule has 1 saturated carbocycles. The predicted octanol–water partition coefficient (Wildman–Crippen LogP) is 0.0860. The second-order valence-electron chi connectivity index (χ2n) is 4.57. The molecule has 1 heterocycles. The number of nitrogens with zero attached hydrogens (tertiary/aromatic N) is 2. The normalized spacial score (nSPS) is 23.9. The first kappa shape index (κ1) is 11.9. The number of aryl methyl sites for hydroxylation is 2. The van der Waals surface area contributed by atoms with Crippen LogP contribution in [0.25, 0.3) is 0 Å². The maximum Gasteiger partial charge on any atom is 0.256 e. The van der Waals surface area contributed by atoms with Gasteiger partial charge in [-0.2, -0.15) is 5.10 Å². The molecule has 0 aliphatic heterocycles. The topological polar surface area (TPSA) is 96.2 Å². The molecule has 17 heavy (non-hydrogen) atoms. The molecular weight excluding hydrogens is 220 g/mol. The fraction of sp³-hybridized carbons (Fsp3) is 0.636. The molecule has 1 aliphatic carbocycles. The van der Waals surface area contributed by atoms with Crippen LogP contribution in [0.2, 0.25) is 0 Å². The average Bonchev–Trinajstić information content (AvgIpc) is 2.72. The summed E-state index contributed by atoms with van der Waals surface area (Å²) in [4.78, 5) is 11.4. The van der Waals surface area contributed by atoms with Gasteiger partial charge < -0.3 is 16.2 Å². The zero-order valence-corrected chi connectivity index (χ0v) is 10.1. The summed E-state index contributed by atoms with van der Waals surface area (Å²) in [6.07, 6.45) is 2.72. The van der Waals surface area contributed by atoms with Crippen molar-refractivity contribution in [3.63, 3.8) is 0 Å². The largest absolute Gasteiger partial charge is 0.474 e. The van der Waals surface area contributed by atoms with E-state index in [0.29, 0.717) is 17.1 Å². The molecule has 0 spiro atoms. The zero-order chi connectivity index (χ0) is 12.6. The van der Waals surface area contributed by atoms with Crippen LogP contribution in [0, 0.1) is 6.92 Å². The van der Waals surface area contributed by atoms with E-state index in [2.05, 4.69) is 5.10 Å². The molecule has 0 aromatic carbocycles. The van der Waals surface area contributed by atoms with Gasteiger partial charge >= 0.3 is 0 Å². The summed E-state index contributed by atoms with van der Waals surface area (Å²) >= 11 is 0. The minimum Gasteiger partial charge on any atom is -0.474 e. The first-order valence-corrected chi connectivity index (χ1v) is 5.74. The molecular formula is C11H18N4O2. The highest BCUT2D eigenvalue weighted by Gasteiger charge is 2.27. The van der Waals surface area contributed by atoms with Gasteiger partial charge in [-0.05, 0) is 26.2 Å². The number of amides is 1. The molecule has 4 N–H and O–H groups in total. The molecule has 1 amide bonds. The molecule has 1 aromatic heterocycles. The maximum atomic E-state index is 11.4. The van der Waals surface area contributed by atoms with Gasteiger partial charge in [-0.15, -0.1) is 0 Å². The number of carbonyl (C=O) groups is 1. The van der Waals surface area contributed by atoms with Crippen LogP contribution >= 0.6 is 0 Å². The van der Waals surface area contributed by atoms with Gasteiger partial charge in [0.25, 0.3) is 5.91 Å². The monoisotopic (exact) mass is 238 g/mol. The fourth-order valence-electron chi connectivity index (χ4n) is 2.29. The molecule has 2 atom stereocenters. The van der Waals surface area contributed by atoms with Crippen molar-refractivity contribution in [1.29, 1.82) is 0 Å². The minimum atomic E-state index is -0.507. The molecule has 0 radical (unpaired) electrons. The second kappa shape index (κ2) is 4.37. The van der Waals surface area contributed by atoms with Gasteiger partial charge in [0.15, 0.2) is 0 Å². The molecule has 6 nitrogen and oxygen atoms in total. The number of ether oxygens (including phenoxy) is 1. The van der Waals surface area contributed by atoms with E-state index in [1.165, 1.54) is 0 Å². The summed E-state index contributed by atoms with van der Waals surface area (Å²) in [5.41, 5.74) is 12.1. The third-order valence-corrected chi connectivity index (χ3v) is 3.12. The molecule has 0 bridgehead atoms. The quantitative estimate of drug-likeness (QED) is 0.779. The summed E-state index contributed by atoms with van der Waals surface area (Å²) in [5.74, 6) is -0.0537. The number of aromatic nitrogens is 2. The van der Waals surface area contributed by atoms with Crippen molar-refractivity contribution < 1.29 is 9.53 Å². The van der Waals surface area contributed by atoms with E-state index in [4.69, 9.17) is 16.2 Å². The van der Waals surface area contributed by atoms with Crippen molar-refractivity contribution in [1.82, 2.24) is 9.78 Å². The van der Waals surface area contributed by atoms with E-state index in [0.717, 1.165) is 19.3 Å².